The second kappa shape index (κ2) is 4.78. The lowest BCUT2D eigenvalue weighted by atomic mass is 9.99. The molecule has 0 radical (unpaired) electrons. The first-order chi connectivity index (χ1) is 7.06. The zero-order valence-electron chi connectivity index (χ0n) is 9.50. The third-order valence-electron chi connectivity index (χ3n) is 2.53. The van der Waals surface area contributed by atoms with E-state index in [9.17, 15) is 4.79 Å². The molecule has 0 heterocycles. The van der Waals surface area contributed by atoms with Crippen LogP contribution in [0.3, 0.4) is 0 Å². The lowest BCUT2D eigenvalue weighted by Crippen LogP contribution is -1.96. The molecule has 2 nitrogen and oxygen atoms in total. The number of allylic oxidation sites excluding steroid dienone is 2. The highest BCUT2D eigenvalue weighted by atomic mass is 16.1. The van der Waals surface area contributed by atoms with Crippen LogP contribution in [0, 0.1) is 6.92 Å². The van der Waals surface area contributed by atoms with E-state index in [0.29, 0.717) is 6.42 Å². The molecule has 0 spiro atoms. The molecule has 1 aromatic carbocycles. The number of carbonyl (C=O) groups is 1. The zero-order valence-corrected chi connectivity index (χ0v) is 9.50. The number of anilines is 1. The molecule has 0 aliphatic heterocycles. The second-order valence-electron chi connectivity index (χ2n) is 3.67. The lowest BCUT2D eigenvalue weighted by Gasteiger charge is -2.08. The van der Waals surface area contributed by atoms with Crippen LogP contribution in [0.15, 0.2) is 24.3 Å². The van der Waals surface area contributed by atoms with Gasteiger partial charge in [0.15, 0.2) is 5.78 Å². The Hall–Kier alpha value is -1.57. The topological polar surface area (TPSA) is 43.1 Å². The molecule has 1 rings (SSSR count). The molecule has 0 atom stereocenters. The van der Waals surface area contributed by atoms with E-state index < -0.39 is 0 Å². The maximum atomic E-state index is 11.3. The highest BCUT2D eigenvalue weighted by Crippen LogP contribution is 2.22. The van der Waals surface area contributed by atoms with Crippen molar-refractivity contribution in [2.75, 3.05) is 5.73 Å². The van der Waals surface area contributed by atoms with Crippen molar-refractivity contribution in [2.45, 2.75) is 27.2 Å². The predicted molar refractivity (Wildman–Crippen MR) is 64.5 cm³/mol. The SMILES string of the molecule is CCC(=O)/C=C(\C)c1cccc(N)c1C. The van der Waals surface area contributed by atoms with E-state index in [1.54, 1.807) is 6.08 Å². The fraction of sp³-hybridized carbons (Fsp3) is 0.308. The van der Waals surface area contributed by atoms with Crippen LogP contribution in [0.5, 0.6) is 0 Å². The van der Waals surface area contributed by atoms with Crippen LogP contribution in [0.4, 0.5) is 5.69 Å². The van der Waals surface area contributed by atoms with Gasteiger partial charge in [0.25, 0.3) is 0 Å². The Labute approximate surface area is 90.8 Å². The van der Waals surface area contributed by atoms with Crippen LogP contribution < -0.4 is 5.73 Å². The van der Waals surface area contributed by atoms with E-state index in [1.807, 2.05) is 39.0 Å². The minimum atomic E-state index is 0.148. The van der Waals surface area contributed by atoms with Gasteiger partial charge in [-0.1, -0.05) is 19.1 Å². The summed E-state index contributed by atoms with van der Waals surface area (Å²) in [5.74, 6) is 0.148. The Morgan fingerprint density at radius 2 is 2.13 bits per heavy atom. The van der Waals surface area contributed by atoms with Gasteiger partial charge >= 0.3 is 0 Å². The van der Waals surface area contributed by atoms with Gasteiger partial charge in [-0.2, -0.15) is 0 Å². The predicted octanol–water partition coefficient (Wildman–Crippen LogP) is 2.96. The van der Waals surface area contributed by atoms with Crippen molar-refractivity contribution < 1.29 is 4.79 Å². The van der Waals surface area contributed by atoms with Crippen LogP contribution in [-0.2, 0) is 4.79 Å². The standard InChI is InChI=1S/C13H17NO/c1-4-11(15)8-9(2)12-6-5-7-13(14)10(12)3/h5-8H,4,14H2,1-3H3/b9-8+. The summed E-state index contributed by atoms with van der Waals surface area (Å²) in [7, 11) is 0. The largest absolute Gasteiger partial charge is 0.398 e. The highest BCUT2D eigenvalue weighted by Gasteiger charge is 2.04. The molecule has 1 aromatic rings. The molecule has 2 heteroatoms. The monoisotopic (exact) mass is 203 g/mol. The molecule has 80 valence electrons. The third kappa shape index (κ3) is 2.69. The summed E-state index contributed by atoms with van der Waals surface area (Å²) in [5.41, 5.74) is 9.65. The smallest absolute Gasteiger partial charge is 0.155 e. The molecule has 0 unspecified atom stereocenters. The van der Waals surface area contributed by atoms with Crippen LogP contribution in [-0.4, -0.2) is 5.78 Å². The number of nitrogen functional groups attached to an aromatic ring is 1. The van der Waals surface area contributed by atoms with Crippen molar-refractivity contribution in [3.05, 3.63) is 35.4 Å². The van der Waals surface area contributed by atoms with E-state index in [2.05, 4.69) is 0 Å². The van der Waals surface area contributed by atoms with Crippen molar-refractivity contribution in [1.29, 1.82) is 0 Å². The van der Waals surface area contributed by atoms with Crippen molar-refractivity contribution in [3.63, 3.8) is 0 Å². The molecular formula is C13H17NO. The van der Waals surface area contributed by atoms with Crippen molar-refractivity contribution in [3.8, 4) is 0 Å². The molecule has 0 aliphatic carbocycles. The van der Waals surface area contributed by atoms with Gasteiger partial charge in [-0.05, 0) is 42.7 Å². The number of nitrogens with two attached hydrogens (primary N) is 1. The fourth-order valence-corrected chi connectivity index (χ4v) is 1.50. The summed E-state index contributed by atoms with van der Waals surface area (Å²) in [5, 5.41) is 0. The first-order valence-corrected chi connectivity index (χ1v) is 5.12. The Bertz CT molecular complexity index is 405. The first-order valence-electron chi connectivity index (χ1n) is 5.12. The van der Waals surface area contributed by atoms with Gasteiger partial charge in [0.05, 0.1) is 0 Å². The summed E-state index contributed by atoms with van der Waals surface area (Å²) < 4.78 is 0. The van der Waals surface area contributed by atoms with Crippen LogP contribution in [0.25, 0.3) is 5.57 Å². The summed E-state index contributed by atoms with van der Waals surface area (Å²) in [6.07, 6.45) is 2.22. The fourth-order valence-electron chi connectivity index (χ4n) is 1.50. The Balaban J connectivity index is 3.11. The molecule has 0 bridgehead atoms. The maximum absolute atomic E-state index is 11.3. The molecule has 0 saturated heterocycles. The van der Waals surface area contributed by atoms with E-state index >= 15 is 0 Å². The van der Waals surface area contributed by atoms with E-state index in [0.717, 1.165) is 22.4 Å². The quantitative estimate of drug-likeness (QED) is 0.606. The summed E-state index contributed by atoms with van der Waals surface area (Å²) >= 11 is 0. The van der Waals surface area contributed by atoms with Crippen LogP contribution >= 0.6 is 0 Å². The average molecular weight is 203 g/mol. The minimum absolute atomic E-state index is 0.148. The summed E-state index contributed by atoms with van der Waals surface area (Å²) in [6, 6.07) is 5.76. The molecule has 0 aromatic heterocycles. The number of hydrogen-bond donors (Lipinski definition) is 1. The number of ketones is 1. The van der Waals surface area contributed by atoms with Crippen LogP contribution in [0.2, 0.25) is 0 Å². The van der Waals surface area contributed by atoms with Crippen molar-refractivity contribution in [1.82, 2.24) is 0 Å². The van der Waals surface area contributed by atoms with Gasteiger partial charge in [-0.25, -0.2) is 0 Å². The maximum Gasteiger partial charge on any atom is 0.155 e. The van der Waals surface area contributed by atoms with Gasteiger partial charge in [0.1, 0.15) is 0 Å². The van der Waals surface area contributed by atoms with Gasteiger partial charge < -0.3 is 5.73 Å². The second-order valence-corrected chi connectivity index (χ2v) is 3.67. The van der Waals surface area contributed by atoms with E-state index in [-0.39, 0.29) is 5.78 Å². The zero-order chi connectivity index (χ0) is 11.4. The number of hydrogen-bond acceptors (Lipinski definition) is 2. The highest BCUT2D eigenvalue weighted by molar-refractivity contribution is 5.96. The van der Waals surface area contributed by atoms with Gasteiger partial charge in [-0.15, -0.1) is 0 Å². The number of rotatable bonds is 3. The molecule has 0 amide bonds. The molecular weight excluding hydrogens is 186 g/mol. The van der Waals surface area contributed by atoms with Gasteiger partial charge in [0, 0.05) is 12.1 Å². The van der Waals surface area contributed by atoms with Crippen LogP contribution in [0.1, 0.15) is 31.4 Å². The summed E-state index contributed by atoms with van der Waals surface area (Å²) in [6.45, 7) is 5.77. The number of benzene rings is 1. The minimum Gasteiger partial charge on any atom is -0.398 e. The molecule has 0 fully saturated rings. The first kappa shape index (κ1) is 11.5. The molecule has 0 aliphatic rings. The molecule has 0 saturated carbocycles. The summed E-state index contributed by atoms with van der Waals surface area (Å²) in [4.78, 5) is 11.3. The Kier molecular flexibility index (Phi) is 3.67. The third-order valence-corrected chi connectivity index (χ3v) is 2.53. The molecule has 15 heavy (non-hydrogen) atoms. The van der Waals surface area contributed by atoms with Crippen molar-refractivity contribution in [2.24, 2.45) is 0 Å². The van der Waals surface area contributed by atoms with E-state index in [4.69, 9.17) is 5.73 Å². The normalized spacial score (nSPS) is 11.5. The Morgan fingerprint density at radius 1 is 1.47 bits per heavy atom. The van der Waals surface area contributed by atoms with Gasteiger partial charge in [0.2, 0.25) is 0 Å². The lowest BCUT2D eigenvalue weighted by molar-refractivity contribution is -0.114. The molecule has 2 N–H and O–H groups in total. The Morgan fingerprint density at radius 3 is 2.73 bits per heavy atom. The van der Waals surface area contributed by atoms with Crippen molar-refractivity contribution >= 4 is 17.0 Å². The average Bonchev–Trinajstić information content (AvgIpc) is 2.21. The van der Waals surface area contributed by atoms with E-state index in [1.165, 1.54) is 0 Å². The van der Waals surface area contributed by atoms with Gasteiger partial charge in [-0.3, -0.25) is 4.79 Å². The number of carbonyl (C=O) groups excluding carboxylic acids is 1.